The average Bonchev–Trinajstić information content (AvgIpc) is 2.13. The normalized spacial score (nSPS) is 14.1. The van der Waals surface area contributed by atoms with Crippen LogP contribution in [0.2, 0.25) is 0 Å². The van der Waals surface area contributed by atoms with Crippen molar-refractivity contribution >= 4 is 24.5 Å². The number of ether oxygens (including phenoxy) is 2. The molecule has 0 bridgehead atoms. The van der Waals surface area contributed by atoms with Crippen LogP contribution in [0.15, 0.2) is 4.99 Å². The minimum Gasteiger partial charge on any atom is -0.466 e. The molecule has 0 aliphatic heterocycles. The van der Waals surface area contributed by atoms with E-state index in [9.17, 15) is 9.59 Å². The van der Waals surface area contributed by atoms with Crippen LogP contribution in [0.1, 0.15) is 20.8 Å². The first kappa shape index (κ1) is 17.5. The summed E-state index contributed by atoms with van der Waals surface area (Å²) in [6.07, 6.45) is 1.23. The number of rotatable bonds is 4. The molecule has 0 heterocycles. The van der Waals surface area contributed by atoms with Gasteiger partial charge in [0.1, 0.15) is 0 Å². The molecule has 0 aliphatic carbocycles. The predicted molar refractivity (Wildman–Crippen MR) is 60.0 cm³/mol. The van der Waals surface area contributed by atoms with E-state index in [1.165, 1.54) is 6.08 Å². The molecule has 0 fully saturated rings. The van der Waals surface area contributed by atoms with Crippen molar-refractivity contribution in [3.05, 3.63) is 0 Å². The molecule has 0 aromatic heterocycles. The van der Waals surface area contributed by atoms with Crippen LogP contribution < -0.4 is 5.73 Å². The van der Waals surface area contributed by atoms with Gasteiger partial charge in [-0.2, -0.15) is 4.99 Å². The summed E-state index contributed by atoms with van der Waals surface area (Å²) in [4.78, 5) is 24.6. The molecule has 0 spiro atoms. The maximum absolute atomic E-state index is 11.2. The molecule has 0 aromatic carbocycles. The third-order valence-corrected chi connectivity index (χ3v) is 1.51. The van der Waals surface area contributed by atoms with E-state index in [4.69, 9.17) is 10.5 Å². The molecule has 6 nitrogen and oxygen atoms in total. The standard InChI is InChI=1S/C9H16N2O4.ClH/c1-8(2,3)15-5-9(10,11-6-12)7(13)14-4;/h5,10H2,1-4H3;1H/t9-;/m0./s1. The van der Waals surface area contributed by atoms with Crippen LogP contribution in [-0.4, -0.2) is 37.0 Å². The number of hydrogen-bond acceptors (Lipinski definition) is 6. The van der Waals surface area contributed by atoms with E-state index in [2.05, 4.69) is 9.73 Å². The molecule has 0 saturated carbocycles. The summed E-state index contributed by atoms with van der Waals surface area (Å²) in [5.41, 5.74) is 3.24. The van der Waals surface area contributed by atoms with E-state index in [1.54, 1.807) is 20.8 Å². The van der Waals surface area contributed by atoms with Gasteiger partial charge < -0.3 is 9.47 Å². The Bertz CT molecular complexity index is 284. The maximum Gasteiger partial charge on any atom is 0.352 e. The fourth-order valence-corrected chi connectivity index (χ4v) is 0.722. The van der Waals surface area contributed by atoms with Gasteiger partial charge >= 0.3 is 5.97 Å². The van der Waals surface area contributed by atoms with Crippen LogP contribution in [0.3, 0.4) is 0 Å². The summed E-state index contributed by atoms with van der Waals surface area (Å²) in [6, 6.07) is 0. The molecule has 94 valence electrons. The van der Waals surface area contributed by atoms with E-state index in [-0.39, 0.29) is 19.0 Å². The summed E-state index contributed by atoms with van der Waals surface area (Å²) in [6.45, 7) is 5.12. The average molecular weight is 253 g/mol. The lowest BCUT2D eigenvalue weighted by atomic mass is 10.1. The monoisotopic (exact) mass is 252 g/mol. The van der Waals surface area contributed by atoms with Gasteiger partial charge in [0.25, 0.3) is 0 Å². The van der Waals surface area contributed by atoms with Gasteiger partial charge in [-0.1, -0.05) is 0 Å². The fraction of sp³-hybridized carbons (Fsp3) is 0.778. The lowest BCUT2D eigenvalue weighted by Crippen LogP contribution is -2.52. The van der Waals surface area contributed by atoms with E-state index in [0.29, 0.717) is 0 Å². The second kappa shape index (κ2) is 6.60. The van der Waals surface area contributed by atoms with Crippen LogP contribution in [0.4, 0.5) is 0 Å². The third-order valence-electron chi connectivity index (χ3n) is 1.51. The smallest absolute Gasteiger partial charge is 0.352 e. The second-order valence-corrected chi connectivity index (χ2v) is 4.02. The quantitative estimate of drug-likeness (QED) is 0.444. The van der Waals surface area contributed by atoms with E-state index < -0.39 is 17.2 Å². The number of nitrogens with two attached hydrogens (primary N) is 1. The zero-order valence-electron chi connectivity index (χ0n) is 9.77. The van der Waals surface area contributed by atoms with Crippen molar-refractivity contribution in [1.29, 1.82) is 0 Å². The first-order valence-corrected chi connectivity index (χ1v) is 4.35. The van der Waals surface area contributed by atoms with E-state index in [0.717, 1.165) is 7.11 Å². The summed E-state index contributed by atoms with van der Waals surface area (Å²) >= 11 is 0. The molecular formula is C9H17ClN2O4. The molecular weight excluding hydrogens is 236 g/mol. The number of carbonyl (C=O) groups is 1. The Morgan fingerprint density at radius 1 is 1.44 bits per heavy atom. The molecule has 0 aliphatic rings. The van der Waals surface area contributed by atoms with Crippen molar-refractivity contribution in [3.8, 4) is 0 Å². The molecule has 0 amide bonds. The fourth-order valence-electron chi connectivity index (χ4n) is 0.722. The molecule has 0 radical (unpaired) electrons. The molecule has 16 heavy (non-hydrogen) atoms. The van der Waals surface area contributed by atoms with Gasteiger partial charge in [0.2, 0.25) is 11.7 Å². The largest absolute Gasteiger partial charge is 0.466 e. The summed E-state index contributed by atoms with van der Waals surface area (Å²) < 4.78 is 9.69. The Balaban J connectivity index is 0. The Morgan fingerprint density at radius 2 is 1.94 bits per heavy atom. The van der Waals surface area contributed by atoms with Crippen LogP contribution >= 0.6 is 12.4 Å². The van der Waals surface area contributed by atoms with Crippen molar-refractivity contribution in [2.75, 3.05) is 13.7 Å². The number of halogens is 1. The number of isocyanates is 1. The minimum atomic E-state index is -1.82. The first-order chi connectivity index (χ1) is 6.75. The Labute approximate surface area is 101 Å². The van der Waals surface area contributed by atoms with Crippen LogP contribution in [0, 0.1) is 0 Å². The van der Waals surface area contributed by atoms with Gasteiger partial charge in [0, 0.05) is 0 Å². The van der Waals surface area contributed by atoms with E-state index in [1.807, 2.05) is 0 Å². The van der Waals surface area contributed by atoms with Gasteiger partial charge in [0.15, 0.2) is 0 Å². The number of carbonyl (C=O) groups excluding carboxylic acids is 2. The Morgan fingerprint density at radius 3 is 2.25 bits per heavy atom. The van der Waals surface area contributed by atoms with Gasteiger partial charge in [-0.3, -0.25) is 5.73 Å². The van der Waals surface area contributed by atoms with Gasteiger partial charge in [-0.15, -0.1) is 12.4 Å². The topological polar surface area (TPSA) is 91.0 Å². The Hall–Kier alpha value is -0.940. The molecule has 7 heteroatoms. The molecule has 0 saturated heterocycles. The SMILES string of the molecule is COC(=O)[C@](N)(COC(C)(C)C)N=C=O.Cl. The van der Waals surface area contributed by atoms with Crippen molar-refractivity contribution in [1.82, 2.24) is 0 Å². The van der Waals surface area contributed by atoms with Gasteiger partial charge in [-0.25, -0.2) is 9.59 Å². The van der Waals surface area contributed by atoms with E-state index >= 15 is 0 Å². The number of hydrogen-bond donors (Lipinski definition) is 1. The molecule has 0 unspecified atom stereocenters. The van der Waals surface area contributed by atoms with Crippen molar-refractivity contribution in [3.63, 3.8) is 0 Å². The highest BCUT2D eigenvalue weighted by molar-refractivity contribution is 5.85. The minimum absolute atomic E-state index is 0. The molecule has 0 aromatic rings. The molecule has 0 rings (SSSR count). The number of aliphatic imine (C=N–C) groups is 1. The third kappa shape index (κ3) is 5.82. The summed E-state index contributed by atoms with van der Waals surface area (Å²) in [5.74, 6) is -0.838. The lowest BCUT2D eigenvalue weighted by molar-refractivity contribution is -0.151. The molecule has 2 N–H and O–H groups in total. The number of esters is 1. The molecule has 1 atom stereocenters. The van der Waals surface area contributed by atoms with Crippen LogP contribution in [0.5, 0.6) is 0 Å². The zero-order valence-corrected chi connectivity index (χ0v) is 10.6. The number of nitrogens with zero attached hydrogens (tertiary/aromatic N) is 1. The zero-order chi connectivity index (χ0) is 12.1. The highest BCUT2D eigenvalue weighted by Gasteiger charge is 2.37. The summed E-state index contributed by atoms with van der Waals surface area (Å²) in [5, 5.41) is 0. The highest BCUT2D eigenvalue weighted by atomic mass is 35.5. The number of methoxy groups -OCH3 is 1. The highest BCUT2D eigenvalue weighted by Crippen LogP contribution is 2.13. The lowest BCUT2D eigenvalue weighted by Gasteiger charge is -2.26. The summed E-state index contributed by atoms with van der Waals surface area (Å²) in [7, 11) is 1.15. The van der Waals surface area contributed by atoms with Gasteiger partial charge in [0.05, 0.1) is 19.3 Å². The predicted octanol–water partition coefficient (Wildman–Crippen LogP) is 0.387. The van der Waals surface area contributed by atoms with Crippen molar-refractivity contribution in [2.45, 2.75) is 32.0 Å². The second-order valence-electron chi connectivity index (χ2n) is 4.02. The Kier molecular flexibility index (Phi) is 7.20. The maximum atomic E-state index is 11.2. The van der Waals surface area contributed by atoms with Crippen molar-refractivity contribution in [2.24, 2.45) is 10.7 Å². The van der Waals surface area contributed by atoms with Gasteiger partial charge in [-0.05, 0) is 20.8 Å². The van der Waals surface area contributed by atoms with Crippen molar-refractivity contribution < 1.29 is 19.1 Å². The van der Waals surface area contributed by atoms with Crippen LogP contribution in [0.25, 0.3) is 0 Å². The van der Waals surface area contributed by atoms with Crippen LogP contribution in [-0.2, 0) is 19.1 Å². The first-order valence-electron chi connectivity index (χ1n) is 4.35.